The van der Waals surface area contributed by atoms with Crippen LogP contribution in [0.4, 0.5) is 5.82 Å². The number of benzene rings is 1. The minimum absolute atomic E-state index is 0.193. The second-order valence-electron chi connectivity index (χ2n) is 5.89. The number of nitrogens with one attached hydrogen (secondary N) is 3. The van der Waals surface area contributed by atoms with Crippen molar-refractivity contribution in [1.29, 1.82) is 0 Å². The summed E-state index contributed by atoms with van der Waals surface area (Å²) in [7, 11) is 1.60. The Hall–Kier alpha value is -3.17. The number of ether oxygens (including phenoxy) is 1. The molecule has 7 nitrogen and oxygen atoms in total. The van der Waals surface area contributed by atoms with Crippen LogP contribution in [0.1, 0.15) is 24.9 Å². The van der Waals surface area contributed by atoms with Gasteiger partial charge in [0.2, 0.25) is 0 Å². The molecule has 28 heavy (non-hydrogen) atoms. The summed E-state index contributed by atoms with van der Waals surface area (Å²) in [5.74, 6) is 0.820. The van der Waals surface area contributed by atoms with Gasteiger partial charge in [-0.2, -0.15) is 5.10 Å². The number of amides is 2. The summed E-state index contributed by atoms with van der Waals surface area (Å²) in [5, 5.41) is 15.2. The highest BCUT2D eigenvalue weighted by molar-refractivity contribution is 7.20. The number of aromatic nitrogens is 2. The van der Waals surface area contributed by atoms with Gasteiger partial charge in [-0.1, -0.05) is 18.2 Å². The molecule has 0 saturated carbocycles. The largest absolute Gasteiger partial charge is 0.497 e. The zero-order chi connectivity index (χ0) is 19.5. The molecule has 0 aliphatic carbocycles. The molecule has 9 heteroatoms. The fraction of sp³-hybridized carbons (Fsp3) is 0.105. The normalized spacial score (nSPS) is 10.8. The number of H-pyrrole nitrogens is 1. The average molecular weight is 412 g/mol. The number of rotatable bonds is 6. The van der Waals surface area contributed by atoms with E-state index in [1.54, 1.807) is 19.2 Å². The summed E-state index contributed by atoms with van der Waals surface area (Å²) in [6.45, 7) is 0.389. The Bertz CT molecular complexity index is 1130. The van der Waals surface area contributed by atoms with Crippen molar-refractivity contribution in [2.24, 2.45) is 0 Å². The third-order valence-electron chi connectivity index (χ3n) is 4.05. The number of methoxy groups -OCH3 is 1. The van der Waals surface area contributed by atoms with Crippen molar-refractivity contribution in [3.8, 4) is 5.75 Å². The van der Waals surface area contributed by atoms with Gasteiger partial charge in [0.1, 0.15) is 16.4 Å². The summed E-state index contributed by atoms with van der Waals surface area (Å²) >= 11 is 2.62. The van der Waals surface area contributed by atoms with Crippen molar-refractivity contribution in [1.82, 2.24) is 15.5 Å². The maximum Gasteiger partial charge on any atom is 0.266 e. The minimum atomic E-state index is -0.212. The third kappa shape index (κ3) is 3.75. The monoisotopic (exact) mass is 412 g/mol. The van der Waals surface area contributed by atoms with Crippen molar-refractivity contribution in [3.05, 3.63) is 63.2 Å². The van der Waals surface area contributed by atoms with Gasteiger partial charge >= 0.3 is 0 Å². The number of anilines is 1. The Morgan fingerprint density at radius 3 is 2.82 bits per heavy atom. The number of hydrogen-bond donors (Lipinski definition) is 3. The first-order valence-electron chi connectivity index (χ1n) is 8.38. The molecule has 0 fully saturated rings. The van der Waals surface area contributed by atoms with E-state index in [0.29, 0.717) is 32.3 Å². The fourth-order valence-corrected chi connectivity index (χ4v) is 4.18. The van der Waals surface area contributed by atoms with Crippen molar-refractivity contribution >= 4 is 50.5 Å². The predicted molar refractivity (Wildman–Crippen MR) is 110 cm³/mol. The van der Waals surface area contributed by atoms with Crippen LogP contribution in [0.15, 0.2) is 47.8 Å². The molecular weight excluding hydrogens is 396 g/mol. The molecule has 142 valence electrons. The van der Waals surface area contributed by atoms with Crippen LogP contribution in [0, 0.1) is 0 Å². The first-order chi connectivity index (χ1) is 13.6. The molecule has 0 aliphatic heterocycles. The lowest BCUT2D eigenvalue weighted by molar-refractivity contribution is 0.0954. The molecular formula is C19H16N4O3S2. The first kappa shape index (κ1) is 18.2. The highest BCUT2D eigenvalue weighted by Crippen LogP contribution is 2.29. The lowest BCUT2D eigenvalue weighted by atomic mass is 10.2. The van der Waals surface area contributed by atoms with E-state index in [4.69, 9.17) is 4.74 Å². The summed E-state index contributed by atoms with van der Waals surface area (Å²) < 4.78 is 5.19. The molecule has 0 unspecified atom stereocenters. The topological polar surface area (TPSA) is 96.1 Å². The molecule has 4 rings (SSSR count). The molecule has 0 spiro atoms. The Morgan fingerprint density at radius 2 is 2.04 bits per heavy atom. The minimum Gasteiger partial charge on any atom is -0.497 e. The number of fused-ring (bicyclic) bond motifs is 1. The molecule has 0 bridgehead atoms. The van der Waals surface area contributed by atoms with E-state index < -0.39 is 0 Å². The van der Waals surface area contributed by atoms with Crippen LogP contribution in [-0.4, -0.2) is 29.1 Å². The molecule has 3 aromatic heterocycles. The van der Waals surface area contributed by atoms with E-state index in [0.717, 1.165) is 11.3 Å². The Morgan fingerprint density at radius 1 is 1.14 bits per heavy atom. The van der Waals surface area contributed by atoms with Crippen molar-refractivity contribution in [2.75, 3.05) is 12.4 Å². The highest BCUT2D eigenvalue weighted by Gasteiger charge is 2.17. The lowest BCUT2D eigenvalue weighted by Crippen LogP contribution is -2.21. The number of hydrogen-bond acceptors (Lipinski definition) is 6. The number of nitrogens with zero attached hydrogens (tertiary/aromatic N) is 1. The van der Waals surface area contributed by atoms with Crippen LogP contribution >= 0.6 is 22.7 Å². The van der Waals surface area contributed by atoms with Crippen LogP contribution < -0.4 is 15.4 Å². The molecule has 2 amide bonds. The van der Waals surface area contributed by atoms with E-state index in [2.05, 4.69) is 20.8 Å². The van der Waals surface area contributed by atoms with Gasteiger partial charge in [-0.05, 0) is 35.2 Å². The van der Waals surface area contributed by atoms with Gasteiger partial charge in [-0.25, -0.2) is 0 Å². The third-order valence-corrected chi connectivity index (χ3v) is 5.94. The molecule has 0 aliphatic rings. The second kappa shape index (κ2) is 7.83. The Balaban J connectivity index is 1.46. The smallest absolute Gasteiger partial charge is 0.266 e. The van der Waals surface area contributed by atoms with Gasteiger partial charge in [0.05, 0.1) is 22.3 Å². The summed E-state index contributed by atoms with van der Waals surface area (Å²) in [5.41, 5.74) is 0.943. The van der Waals surface area contributed by atoms with Gasteiger partial charge in [-0.3, -0.25) is 14.7 Å². The first-order valence-corrected chi connectivity index (χ1v) is 10.1. The molecule has 1 aromatic carbocycles. The molecule has 0 saturated heterocycles. The fourth-order valence-electron chi connectivity index (χ4n) is 2.65. The van der Waals surface area contributed by atoms with Crippen LogP contribution in [0.25, 0.3) is 10.2 Å². The standard InChI is InChI=1S/C19H16N4O3S2/c1-26-12-5-2-4-11(8-12)10-20-17(24)15-9-13-16(22-23-19(13)28-15)21-18(25)14-6-3-7-27-14/h2-9H,10H2,1H3,(H,20,24)(H2,21,22,23,25). The van der Waals surface area contributed by atoms with E-state index in [1.807, 2.05) is 35.7 Å². The quantitative estimate of drug-likeness (QED) is 0.448. The van der Waals surface area contributed by atoms with Crippen molar-refractivity contribution in [2.45, 2.75) is 6.54 Å². The van der Waals surface area contributed by atoms with Gasteiger partial charge in [0, 0.05) is 6.54 Å². The van der Waals surface area contributed by atoms with Crippen molar-refractivity contribution in [3.63, 3.8) is 0 Å². The Kier molecular flexibility index (Phi) is 5.09. The van der Waals surface area contributed by atoms with Crippen LogP contribution in [0.3, 0.4) is 0 Å². The lowest BCUT2D eigenvalue weighted by Gasteiger charge is -2.06. The maximum atomic E-state index is 12.5. The Labute approximate surface area is 168 Å². The number of carbonyl (C=O) groups is 2. The van der Waals surface area contributed by atoms with Crippen LogP contribution in [0.2, 0.25) is 0 Å². The summed E-state index contributed by atoms with van der Waals surface area (Å²) in [4.78, 5) is 26.5. The van der Waals surface area contributed by atoms with Gasteiger partial charge in [0.25, 0.3) is 11.8 Å². The van der Waals surface area contributed by atoms with Crippen LogP contribution in [0.5, 0.6) is 5.75 Å². The molecule has 3 N–H and O–H groups in total. The van der Waals surface area contributed by atoms with Gasteiger partial charge < -0.3 is 15.4 Å². The summed E-state index contributed by atoms with van der Waals surface area (Å²) in [6.07, 6.45) is 0. The van der Waals surface area contributed by atoms with Gasteiger partial charge in [0.15, 0.2) is 0 Å². The van der Waals surface area contributed by atoms with Crippen LogP contribution in [-0.2, 0) is 6.54 Å². The van der Waals surface area contributed by atoms with E-state index in [1.165, 1.54) is 22.7 Å². The average Bonchev–Trinajstić information content (AvgIpc) is 3.45. The SMILES string of the molecule is COc1cccc(CNC(=O)c2cc3c(NC(=O)c4cccs4)[nH]nc3s2)c1. The second-order valence-corrected chi connectivity index (χ2v) is 7.87. The molecule has 4 aromatic rings. The zero-order valence-corrected chi connectivity index (χ0v) is 16.4. The number of aromatic amines is 1. The van der Waals surface area contributed by atoms with E-state index in [-0.39, 0.29) is 11.8 Å². The number of thiophene rings is 2. The van der Waals surface area contributed by atoms with Crippen molar-refractivity contribution < 1.29 is 14.3 Å². The summed E-state index contributed by atoms with van der Waals surface area (Å²) in [6, 6.07) is 12.8. The maximum absolute atomic E-state index is 12.5. The molecule has 3 heterocycles. The number of carbonyl (C=O) groups excluding carboxylic acids is 2. The van der Waals surface area contributed by atoms with E-state index >= 15 is 0 Å². The van der Waals surface area contributed by atoms with E-state index in [9.17, 15) is 9.59 Å². The molecule has 0 atom stereocenters. The zero-order valence-electron chi connectivity index (χ0n) is 14.8. The molecule has 0 radical (unpaired) electrons. The van der Waals surface area contributed by atoms with Gasteiger partial charge in [-0.15, -0.1) is 22.7 Å². The predicted octanol–water partition coefficient (Wildman–Crippen LogP) is 3.88. The highest BCUT2D eigenvalue weighted by atomic mass is 32.1.